The normalized spacial score (nSPS) is 12.4. The lowest BCUT2D eigenvalue weighted by atomic mass is 9.95. The van der Waals surface area contributed by atoms with Crippen molar-refractivity contribution >= 4 is 0 Å². The van der Waals surface area contributed by atoms with E-state index in [2.05, 4.69) is 45.0 Å². The van der Waals surface area contributed by atoms with E-state index < -0.39 is 6.10 Å². The molecular weight excluding hydrogens is 220 g/mol. The Balaban J connectivity index is 2.37. The average Bonchev–Trinajstić information content (AvgIpc) is 2.38. The molecule has 1 nitrogen and oxygen atoms in total. The van der Waals surface area contributed by atoms with Gasteiger partial charge in [-0.3, -0.25) is 0 Å². The van der Waals surface area contributed by atoms with E-state index >= 15 is 0 Å². The number of hydrogen-bond acceptors (Lipinski definition) is 1. The molecule has 2 rings (SSSR count). The summed E-state index contributed by atoms with van der Waals surface area (Å²) in [6, 6.07) is 14.4. The molecule has 0 heterocycles. The Morgan fingerprint density at radius 1 is 1.06 bits per heavy atom. The fraction of sp³-hybridized carbons (Fsp3) is 0.294. The maximum Gasteiger partial charge on any atom is 0.104 e. The van der Waals surface area contributed by atoms with Gasteiger partial charge in [0.1, 0.15) is 6.10 Å². The van der Waals surface area contributed by atoms with E-state index in [0.717, 1.165) is 23.1 Å². The second-order valence-electron chi connectivity index (χ2n) is 4.86. The molecule has 0 spiro atoms. The summed E-state index contributed by atoms with van der Waals surface area (Å²) < 4.78 is 0. The maximum atomic E-state index is 10.5. The van der Waals surface area contributed by atoms with Gasteiger partial charge >= 0.3 is 0 Å². The lowest BCUT2D eigenvalue weighted by Gasteiger charge is -2.15. The molecule has 0 amide bonds. The van der Waals surface area contributed by atoms with Crippen LogP contribution in [0, 0.1) is 13.8 Å². The van der Waals surface area contributed by atoms with Crippen molar-refractivity contribution in [3.05, 3.63) is 70.3 Å². The van der Waals surface area contributed by atoms with Gasteiger partial charge < -0.3 is 5.11 Å². The molecule has 0 saturated carbocycles. The van der Waals surface area contributed by atoms with Crippen molar-refractivity contribution in [2.75, 3.05) is 0 Å². The van der Waals surface area contributed by atoms with Crippen molar-refractivity contribution in [2.45, 2.75) is 33.3 Å². The largest absolute Gasteiger partial charge is 0.384 e. The van der Waals surface area contributed by atoms with Gasteiger partial charge in [-0.25, -0.2) is 0 Å². The van der Waals surface area contributed by atoms with Crippen LogP contribution in [0.2, 0.25) is 0 Å². The van der Waals surface area contributed by atoms with Gasteiger partial charge in [-0.1, -0.05) is 55.0 Å². The van der Waals surface area contributed by atoms with Crippen LogP contribution in [-0.2, 0) is 6.42 Å². The topological polar surface area (TPSA) is 20.2 Å². The molecule has 0 fully saturated rings. The lowest BCUT2D eigenvalue weighted by molar-refractivity contribution is 0.219. The third kappa shape index (κ3) is 2.62. The van der Waals surface area contributed by atoms with E-state index in [1.54, 1.807) is 0 Å². The van der Waals surface area contributed by atoms with E-state index in [0.29, 0.717) is 0 Å². The average molecular weight is 240 g/mol. The van der Waals surface area contributed by atoms with Crippen LogP contribution in [0.1, 0.15) is 40.8 Å². The maximum absolute atomic E-state index is 10.5. The summed E-state index contributed by atoms with van der Waals surface area (Å²) in [7, 11) is 0. The van der Waals surface area contributed by atoms with Crippen LogP contribution in [0.5, 0.6) is 0 Å². The first-order chi connectivity index (χ1) is 8.61. The third-order valence-electron chi connectivity index (χ3n) is 3.39. The molecule has 2 aromatic rings. The van der Waals surface area contributed by atoms with Gasteiger partial charge in [-0.15, -0.1) is 0 Å². The molecule has 1 N–H and O–H groups in total. The number of aliphatic hydroxyl groups is 1. The highest BCUT2D eigenvalue weighted by Gasteiger charge is 2.12. The monoisotopic (exact) mass is 240 g/mol. The quantitative estimate of drug-likeness (QED) is 0.861. The second kappa shape index (κ2) is 5.36. The summed E-state index contributed by atoms with van der Waals surface area (Å²) >= 11 is 0. The predicted molar refractivity (Wildman–Crippen MR) is 75.8 cm³/mol. The molecule has 0 aromatic heterocycles. The molecular formula is C17H20O. The number of hydrogen-bond donors (Lipinski definition) is 1. The van der Waals surface area contributed by atoms with E-state index in [-0.39, 0.29) is 0 Å². The molecule has 1 atom stereocenters. The molecule has 0 bridgehead atoms. The van der Waals surface area contributed by atoms with Crippen LogP contribution in [-0.4, -0.2) is 5.11 Å². The Kier molecular flexibility index (Phi) is 3.83. The zero-order chi connectivity index (χ0) is 13.1. The lowest BCUT2D eigenvalue weighted by Crippen LogP contribution is -2.02. The molecule has 0 aliphatic rings. The van der Waals surface area contributed by atoms with Crippen LogP contribution in [0.25, 0.3) is 0 Å². The van der Waals surface area contributed by atoms with E-state index in [1.165, 1.54) is 11.1 Å². The van der Waals surface area contributed by atoms with Gasteiger partial charge in [-0.05, 0) is 42.5 Å². The van der Waals surface area contributed by atoms with E-state index in [4.69, 9.17) is 0 Å². The van der Waals surface area contributed by atoms with Crippen molar-refractivity contribution in [3.63, 3.8) is 0 Å². The summed E-state index contributed by atoms with van der Waals surface area (Å²) in [5, 5.41) is 10.5. The minimum Gasteiger partial charge on any atom is -0.384 e. The molecule has 0 radical (unpaired) electrons. The minimum absolute atomic E-state index is 0.530. The van der Waals surface area contributed by atoms with Crippen LogP contribution in [0.4, 0.5) is 0 Å². The highest BCUT2D eigenvalue weighted by Crippen LogP contribution is 2.26. The van der Waals surface area contributed by atoms with E-state index in [9.17, 15) is 5.11 Å². The molecule has 2 aromatic carbocycles. The van der Waals surface area contributed by atoms with Gasteiger partial charge in [-0.2, -0.15) is 0 Å². The molecule has 1 unspecified atom stereocenters. The molecule has 0 saturated heterocycles. The van der Waals surface area contributed by atoms with Gasteiger partial charge in [0.05, 0.1) is 0 Å². The zero-order valence-corrected chi connectivity index (χ0v) is 11.3. The summed E-state index contributed by atoms with van der Waals surface area (Å²) in [4.78, 5) is 0. The molecule has 0 aliphatic heterocycles. The first kappa shape index (κ1) is 12.8. The smallest absolute Gasteiger partial charge is 0.104 e. The van der Waals surface area contributed by atoms with E-state index in [1.807, 2.05) is 18.2 Å². The fourth-order valence-corrected chi connectivity index (χ4v) is 2.30. The minimum atomic E-state index is -0.530. The van der Waals surface area contributed by atoms with Crippen molar-refractivity contribution in [3.8, 4) is 0 Å². The number of aliphatic hydroxyl groups excluding tert-OH is 1. The Labute approximate surface area is 109 Å². The van der Waals surface area contributed by atoms with Crippen molar-refractivity contribution < 1.29 is 5.11 Å². The Hall–Kier alpha value is -1.60. The highest BCUT2D eigenvalue weighted by atomic mass is 16.3. The first-order valence-electron chi connectivity index (χ1n) is 6.46. The Morgan fingerprint density at radius 2 is 1.83 bits per heavy atom. The Bertz CT molecular complexity index is 543. The first-order valence-corrected chi connectivity index (χ1v) is 6.46. The van der Waals surface area contributed by atoms with Crippen LogP contribution >= 0.6 is 0 Å². The van der Waals surface area contributed by atoms with Gasteiger partial charge in [0.2, 0.25) is 0 Å². The molecule has 0 aliphatic carbocycles. The summed E-state index contributed by atoms with van der Waals surface area (Å²) in [6.07, 6.45) is 0.463. The van der Waals surface area contributed by atoms with Gasteiger partial charge in [0.25, 0.3) is 0 Å². The summed E-state index contributed by atoms with van der Waals surface area (Å²) in [5.41, 5.74) is 5.60. The second-order valence-corrected chi connectivity index (χ2v) is 4.86. The van der Waals surface area contributed by atoms with Gasteiger partial charge in [0.15, 0.2) is 0 Å². The fourth-order valence-electron chi connectivity index (χ4n) is 2.30. The Morgan fingerprint density at radius 3 is 2.50 bits per heavy atom. The molecule has 94 valence electrons. The number of rotatable bonds is 3. The number of benzene rings is 2. The summed E-state index contributed by atoms with van der Waals surface area (Å²) in [5.74, 6) is 0. The van der Waals surface area contributed by atoms with Gasteiger partial charge in [0, 0.05) is 0 Å². The highest BCUT2D eigenvalue weighted by molar-refractivity contribution is 5.38. The molecule has 1 heteroatoms. The number of aryl methyl sites for hydroxylation is 3. The predicted octanol–water partition coefficient (Wildman–Crippen LogP) is 3.95. The SMILES string of the molecule is CCc1cccc(C(O)c2ccc(C)cc2C)c1. The summed E-state index contributed by atoms with van der Waals surface area (Å²) in [6.45, 7) is 6.25. The third-order valence-corrected chi connectivity index (χ3v) is 3.39. The van der Waals surface area contributed by atoms with Crippen molar-refractivity contribution in [2.24, 2.45) is 0 Å². The van der Waals surface area contributed by atoms with Crippen LogP contribution < -0.4 is 0 Å². The van der Waals surface area contributed by atoms with Crippen LogP contribution in [0.3, 0.4) is 0 Å². The van der Waals surface area contributed by atoms with Crippen LogP contribution in [0.15, 0.2) is 42.5 Å². The standard InChI is InChI=1S/C17H20O/c1-4-14-6-5-7-15(11-14)17(18)16-9-8-12(2)10-13(16)3/h5-11,17-18H,4H2,1-3H3. The molecule has 18 heavy (non-hydrogen) atoms. The van der Waals surface area contributed by atoms with Crippen molar-refractivity contribution in [1.82, 2.24) is 0 Å². The van der Waals surface area contributed by atoms with Crippen molar-refractivity contribution in [1.29, 1.82) is 0 Å². The zero-order valence-electron chi connectivity index (χ0n) is 11.3.